The third kappa shape index (κ3) is 4.98. The Morgan fingerprint density at radius 3 is 2.75 bits per heavy atom. The van der Waals surface area contributed by atoms with E-state index in [1.807, 2.05) is 6.07 Å². The predicted octanol–water partition coefficient (Wildman–Crippen LogP) is 1.60. The zero-order chi connectivity index (χ0) is 6.24. The highest BCUT2D eigenvalue weighted by Crippen LogP contribution is 1.92. The minimum atomic E-state index is 0.571. The lowest BCUT2D eigenvalue weighted by Crippen LogP contribution is -1.75. The maximum absolute atomic E-state index is 8.04. The maximum Gasteiger partial charge on any atom is 0.214 e. The molecule has 0 aliphatic heterocycles. The van der Waals surface area contributed by atoms with E-state index >= 15 is 0 Å². The van der Waals surface area contributed by atoms with E-state index in [1.165, 1.54) is 0 Å². The Morgan fingerprint density at radius 2 is 2.25 bits per heavy atom. The Balaban J connectivity index is 2.77. The second kappa shape index (κ2) is 5.98. The highest BCUT2D eigenvalue weighted by molar-refractivity contribution is 4.69. The lowest BCUT2D eigenvalue weighted by Gasteiger charge is -1.81. The first-order chi connectivity index (χ1) is 3.91. The molecule has 0 radical (unpaired) electrons. The van der Waals surface area contributed by atoms with Crippen molar-refractivity contribution in [1.29, 1.82) is 5.26 Å². The van der Waals surface area contributed by atoms with Crippen LogP contribution in [-0.4, -0.2) is 6.54 Å². The number of unbranched alkanes of at least 4 members (excludes halogenated alkanes) is 2. The van der Waals surface area contributed by atoms with Crippen LogP contribution in [0.3, 0.4) is 0 Å². The Labute approximate surface area is 49.6 Å². The van der Waals surface area contributed by atoms with Gasteiger partial charge in [-0.2, -0.15) is 5.26 Å². The number of nitrogens with zero attached hydrogens (tertiary/aromatic N) is 2. The minimum absolute atomic E-state index is 0.571. The zero-order valence-corrected chi connectivity index (χ0v) is 4.72. The third-order valence-electron chi connectivity index (χ3n) is 0.808. The van der Waals surface area contributed by atoms with Crippen molar-refractivity contribution in [3.05, 3.63) is 11.4 Å². The Bertz CT molecular complexity index is 99.5. The first kappa shape index (κ1) is 6.98. The van der Waals surface area contributed by atoms with Crippen molar-refractivity contribution in [2.24, 2.45) is 0 Å². The van der Waals surface area contributed by atoms with E-state index in [0.29, 0.717) is 13.0 Å². The van der Waals surface area contributed by atoms with Gasteiger partial charge in [0.05, 0.1) is 6.07 Å². The Hall–Kier alpha value is -1.02. The van der Waals surface area contributed by atoms with Crippen LogP contribution in [0.1, 0.15) is 19.3 Å². The summed E-state index contributed by atoms with van der Waals surface area (Å²) < 4.78 is 0. The highest BCUT2D eigenvalue weighted by atomic mass is 14.6. The molecule has 0 heterocycles. The van der Waals surface area contributed by atoms with E-state index in [4.69, 9.17) is 11.8 Å². The molecule has 0 saturated heterocycles. The monoisotopic (exact) mass is 108 g/mol. The van der Waals surface area contributed by atoms with Crippen molar-refractivity contribution in [2.45, 2.75) is 19.3 Å². The second-order valence-corrected chi connectivity index (χ2v) is 1.50. The number of nitriles is 1. The van der Waals surface area contributed by atoms with E-state index in [9.17, 15) is 0 Å². The summed E-state index contributed by atoms with van der Waals surface area (Å²) in [5.74, 6) is 0. The van der Waals surface area contributed by atoms with Crippen LogP contribution < -0.4 is 0 Å². The molecule has 0 unspecified atom stereocenters. The average molecular weight is 108 g/mol. The fourth-order valence-corrected chi connectivity index (χ4v) is 0.395. The van der Waals surface area contributed by atoms with Gasteiger partial charge in [-0.1, -0.05) is 0 Å². The molecule has 0 aliphatic rings. The van der Waals surface area contributed by atoms with Gasteiger partial charge in [-0.15, -0.1) is 0 Å². The van der Waals surface area contributed by atoms with Crippen LogP contribution in [0.25, 0.3) is 4.85 Å². The second-order valence-electron chi connectivity index (χ2n) is 1.50. The summed E-state index contributed by atoms with van der Waals surface area (Å²) in [5, 5.41) is 8.04. The summed E-state index contributed by atoms with van der Waals surface area (Å²) in [6, 6.07) is 2.02. The fraction of sp³-hybridized carbons (Fsp3) is 0.667. The summed E-state index contributed by atoms with van der Waals surface area (Å²) in [7, 11) is 0. The summed E-state index contributed by atoms with van der Waals surface area (Å²) in [6.07, 6.45) is 2.34. The molecule has 0 aliphatic carbocycles. The lowest BCUT2D eigenvalue weighted by atomic mass is 10.2. The van der Waals surface area contributed by atoms with Gasteiger partial charge >= 0.3 is 0 Å². The van der Waals surface area contributed by atoms with Gasteiger partial charge in [0, 0.05) is 12.8 Å². The van der Waals surface area contributed by atoms with Crippen LogP contribution in [-0.2, 0) is 0 Å². The van der Waals surface area contributed by atoms with Crippen LogP contribution in [0.15, 0.2) is 0 Å². The molecule has 0 rings (SSSR count). The minimum Gasteiger partial charge on any atom is -0.317 e. The largest absolute Gasteiger partial charge is 0.317 e. The van der Waals surface area contributed by atoms with Gasteiger partial charge in [0.1, 0.15) is 0 Å². The molecular formula is C6H8N2. The molecule has 2 heteroatoms. The molecule has 2 nitrogen and oxygen atoms in total. The first-order valence-electron chi connectivity index (χ1n) is 2.62. The van der Waals surface area contributed by atoms with Gasteiger partial charge in [-0.05, 0) is 6.42 Å². The third-order valence-corrected chi connectivity index (χ3v) is 0.808. The van der Waals surface area contributed by atoms with Crippen molar-refractivity contribution in [2.75, 3.05) is 6.54 Å². The van der Waals surface area contributed by atoms with E-state index in [2.05, 4.69) is 4.85 Å². The van der Waals surface area contributed by atoms with Crippen LogP contribution in [0.4, 0.5) is 0 Å². The SMILES string of the molecule is [C-]#[N+]CCCCC#N. The topological polar surface area (TPSA) is 28.1 Å². The smallest absolute Gasteiger partial charge is 0.214 e. The number of rotatable bonds is 3. The lowest BCUT2D eigenvalue weighted by molar-refractivity contribution is 0.803. The van der Waals surface area contributed by atoms with Gasteiger partial charge in [0.25, 0.3) is 0 Å². The van der Waals surface area contributed by atoms with Crippen molar-refractivity contribution < 1.29 is 0 Å². The molecule has 0 amide bonds. The molecule has 0 aromatic rings. The maximum atomic E-state index is 8.04. The van der Waals surface area contributed by atoms with Crippen LogP contribution in [0, 0.1) is 17.9 Å². The molecule has 0 aromatic heterocycles. The van der Waals surface area contributed by atoms with Gasteiger partial charge in [-0.3, -0.25) is 0 Å². The van der Waals surface area contributed by atoms with Gasteiger partial charge < -0.3 is 4.85 Å². The molecule has 0 N–H and O–H groups in total. The van der Waals surface area contributed by atoms with Crippen LogP contribution in [0.5, 0.6) is 0 Å². The standard InChI is InChI=1S/C6H8N2/c1-8-6-4-2-3-5-7/h2-4,6H2. The predicted molar refractivity (Wildman–Crippen MR) is 30.9 cm³/mol. The molecule has 0 fully saturated rings. The molecule has 0 bridgehead atoms. The Morgan fingerprint density at radius 1 is 1.50 bits per heavy atom. The fourth-order valence-electron chi connectivity index (χ4n) is 0.395. The van der Waals surface area contributed by atoms with Crippen molar-refractivity contribution in [1.82, 2.24) is 0 Å². The molecule has 0 spiro atoms. The van der Waals surface area contributed by atoms with Crippen LogP contribution >= 0.6 is 0 Å². The zero-order valence-electron chi connectivity index (χ0n) is 4.72. The molecule has 8 heavy (non-hydrogen) atoms. The first-order valence-corrected chi connectivity index (χ1v) is 2.62. The van der Waals surface area contributed by atoms with Gasteiger partial charge in [0.15, 0.2) is 0 Å². The van der Waals surface area contributed by atoms with Gasteiger partial charge in [-0.25, -0.2) is 6.57 Å². The summed E-state index contributed by atoms with van der Waals surface area (Å²) >= 11 is 0. The Kier molecular flexibility index (Phi) is 5.22. The number of hydrogen-bond donors (Lipinski definition) is 0. The molecule has 0 atom stereocenters. The molecule has 0 aromatic carbocycles. The quantitative estimate of drug-likeness (QED) is 0.398. The van der Waals surface area contributed by atoms with Crippen LogP contribution in [0.2, 0.25) is 0 Å². The molecule has 42 valence electrons. The summed E-state index contributed by atoms with van der Waals surface area (Å²) in [4.78, 5) is 3.15. The average Bonchev–Trinajstić information content (AvgIpc) is 1.81. The summed E-state index contributed by atoms with van der Waals surface area (Å²) in [6.45, 7) is 6.95. The van der Waals surface area contributed by atoms with E-state index in [0.717, 1.165) is 12.8 Å². The normalized spacial score (nSPS) is 7.25. The number of hydrogen-bond acceptors (Lipinski definition) is 1. The van der Waals surface area contributed by atoms with Crippen molar-refractivity contribution in [3.8, 4) is 6.07 Å². The highest BCUT2D eigenvalue weighted by Gasteiger charge is 1.85. The van der Waals surface area contributed by atoms with Crippen molar-refractivity contribution >= 4 is 0 Å². The van der Waals surface area contributed by atoms with Crippen molar-refractivity contribution in [3.63, 3.8) is 0 Å². The van der Waals surface area contributed by atoms with E-state index in [-0.39, 0.29) is 0 Å². The van der Waals surface area contributed by atoms with E-state index in [1.54, 1.807) is 0 Å². The summed E-state index contributed by atoms with van der Waals surface area (Å²) in [5.41, 5.74) is 0. The molecular weight excluding hydrogens is 100 g/mol. The van der Waals surface area contributed by atoms with E-state index < -0.39 is 0 Å². The molecule has 0 saturated carbocycles. The van der Waals surface area contributed by atoms with Gasteiger partial charge in [0.2, 0.25) is 6.54 Å².